The van der Waals surface area contributed by atoms with Crippen molar-refractivity contribution in [3.05, 3.63) is 51.0 Å². The van der Waals surface area contributed by atoms with Crippen LogP contribution >= 0.6 is 27.5 Å². The highest BCUT2D eigenvalue weighted by Gasteiger charge is 2.23. The van der Waals surface area contributed by atoms with Gasteiger partial charge in [0.2, 0.25) is 0 Å². The number of aromatic nitrogens is 2. The van der Waals surface area contributed by atoms with Crippen molar-refractivity contribution < 1.29 is 4.39 Å². The summed E-state index contributed by atoms with van der Waals surface area (Å²) in [6.45, 7) is 1.46. The summed E-state index contributed by atoms with van der Waals surface area (Å²) < 4.78 is 16.6. The molecule has 1 aromatic carbocycles. The molecule has 7 heteroatoms. The van der Waals surface area contributed by atoms with E-state index in [0.29, 0.717) is 17.3 Å². The standard InChI is InChI=1S/C14H17BrClFN4/c1-20(2)6-7-21-14(9(15)8-19-21)13(18)12-10(16)4-3-5-11(12)17/h3-5,8,13H,6-7,18H2,1-2H3. The number of hydrogen-bond donors (Lipinski definition) is 1. The van der Waals surface area contributed by atoms with Gasteiger partial charge in [0.1, 0.15) is 5.82 Å². The fourth-order valence-electron chi connectivity index (χ4n) is 2.10. The van der Waals surface area contributed by atoms with Crippen LogP contribution in [-0.4, -0.2) is 35.3 Å². The molecule has 1 unspecified atom stereocenters. The average molecular weight is 376 g/mol. The minimum atomic E-state index is -0.683. The minimum absolute atomic E-state index is 0.284. The van der Waals surface area contributed by atoms with Crippen molar-refractivity contribution in [2.45, 2.75) is 12.6 Å². The molecule has 0 spiro atoms. The van der Waals surface area contributed by atoms with Gasteiger partial charge in [-0.1, -0.05) is 17.7 Å². The number of hydrogen-bond acceptors (Lipinski definition) is 3. The zero-order valence-corrected chi connectivity index (χ0v) is 14.2. The zero-order chi connectivity index (χ0) is 15.6. The molecular formula is C14H17BrClFN4. The summed E-state index contributed by atoms with van der Waals surface area (Å²) in [6, 6.07) is 3.87. The summed E-state index contributed by atoms with van der Waals surface area (Å²) >= 11 is 9.53. The average Bonchev–Trinajstić information content (AvgIpc) is 2.77. The van der Waals surface area contributed by atoms with Crippen LogP contribution in [0.2, 0.25) is 5.02 Å². The summed E-state index contributed by atoms with van der Waals surface area (Å²) in [7, 11) is 3.96. The van der Waals surface area contributed by atoms with Gasteiger partial charge < -0.3 is 10.6 Å². The Morgan fingerprint density at radius 1 is 1.48 bits per heavy atom. The van der Waals surface area contributed by atoms with Gasteiger partial charge in [0.15, 0.2) is 0 Å². The quantitative estimate of drug-likeness (QED) is 0.874. The second-order valence-corrected chi connectivity index (χ2v) is 6.28. The van der Waals surface area contributed by atoms with E-state index in [4.69, 9.17) is 17.3 Å². The lowest BCUT2D eigenvalue weighted by molar-refractivity contribution is 0.367. The Balaban J connectivity index is 2.39. The molecule has 0 aliphatic heterocycles. The normalized spacial score (nSPS) is 12.9. The second kappa shape index (κ2) is 6.87. The van der Waals surface area contributed by atoms with Crippen molar-refractivity contribution in [1.82, 2.24) is 14.7 Å². The summed E-state index contributed by atoms with van der Waals surface area (Å²) in [5.74, 6) is -0.415. The Labute approximate surface area is 136 Å². The van der Waals surface area contributed by atoms with Gasteiger partial charge in [-0.2, -0.15) is 5.10 Å². The van der Waals surface area contributed by atoms with Crippen LogP contribution in [0.5, 0.6) is 0 Å². The van der Waals surface area contributed by atoms with E-state index in [9.17, 15) is 4.39 Å². The fourth-order valence-corrected chi connectivity index (χ4v) is 2.92. The van der Waals surface area contributed by atoms with Gasteiger partial charge >= 0.3 is 0 Å². The third kappa shape index (κ3) is 3.63. The van der Waals surface area contributed by atoms with E-state index < -0.39 is 11.9 Å². The van der Waals surface area contributed by atoms with Gasteiger partial charge in [-0.05, 0) is 42.2 Å². The fraction of sp³-hybridized carbons (Fsp3) is 0.357. The minimum Gasteiger partial charge on any atom is -0.319 e. The maximum Gasteiger partial charge on any atom is 0.129 e. The largest absolute Gasteiger partial charge is 0.319 e. The maximum atomic E-state index is 14.1. The topological polar surface area (TPSA) is 47.1 Å². The first kappa shape index (κ1) is 16.4. The van der Waals surface area contributed by atoms with Crippen LogP contribution in [0, 0.1) is 5.82 Å². The SMILES string of the molecule is CN(C)CCn1ncc(Br)c1C(N)c1c(F)cccc1Cl. The highest BCUT2D eigenvalue weighted by atomic mass is 79.9. The van der Waals surface area contributed by atoms with E-state index in [1.165, 1.54) is 6.07 Å². The van der Waals surface area contributed by atoms with Crippen LogP contribution in [0.25, 0.3) is 0 Å². The molecule has 2 aromatic rings. The molecule has 114 valence electrons. The first-order chi connectivity index (χ1) is 9.91. The molecule has 0 bridgehead atoms. The summed E-state index contributed by atoms with van der Waals surface area (Å²) in [5.41, 5.74) is 7.24. The summed E-state index contributed by atoms with van der Waals surface area (Å²) in [4.78, 5) is 2.04. The molecule has 2 N–H and O–H groups in total. The van der Waals surface area contributed by atoms with Gasteiger partial charge in [-0.3, -0.25) is 4.68 Å². The molecule has 4 nitrogen and oxygen atoms in total. The Kier molecular flexibility index (Phi) is 5.37. The lowest BCUT2D eigenvalue weighted by atomic mass is 10.0. The zero-order valence-electron chi connectivity index (χ0n) is 11.9. The highest BCUT2D eigenvalue weighted by molar-refractivity contribution is 9.10. The van der Waals surface area contributed by atoms with E-state index in [1.54, 1.807) is 23.0 Å². The molecule has 0 aliphatic rings. The smallest absolute Gasteiger partial charge is 0.129 e. The van der Waals surface area contributed by atoms with Crippen molar-refractivity contribution in [2.75, 3.05) is 20.6 Å². The van der Waals surface area contributed by atoms with E-state index in [1.807, 2.05) is 19.0 Å². The third-order valence-corrected chi connectivity index (χ3v) is 4.14. The first-order valence-electron chi connectivity index (χ1n) is 6.47. The van der Waals surface area contributed by atoms with Gasteiger partial charge in [0, 0.05) is 17.1 Å². The predicted octanol–water partition coefficient (Wildman–Crippen LogP) is 3.05. The van der Waals surface area contributed by atoms with Crippen molar-refractivity contribution in [3.8, 4) is 0 Å². The molecule has 1 atom stereocenters. The number of nitrogens with zero attached hydrogens (tertiary/aromatic N) is 3. The van der Waals surface area contributed by atoms with Crippen LogP contribution in [0.1, 0.15) is 17.3 Å². The number of halogens is 3. The Morgan fingerprint density at radius 3 is 2.81 bits per heavy atom. The van der Waals surface area contributed by atoms with Gasteiger partial charge in [0.05, 0.1) is 29.0 Å². The summed E-state index contributed by atoms with van der Waals surface area (Å²) in [6.07, 6.45) is 1.67. The van der Waals surface area contributed by atoms with Crippen LogP contribution in [0.15, 0.2) is 28.9 Å². The first-order valence-corrected chi connectivity index (χ1v) is 7.64. The van der Waals surface area contributed by atoms with Crippen molar-refractivity contribution in [2.24, 2.45) is 5.73 Å². The monoisotopic (exact) mass is 374 g/mol. The number of nitrogens with two attached hydrogens (primary N) is 1. The molecule has 21 heavy (non-hydrogen) atoms. The Bertz CT molecular complexity index is 609. The molecule has 0 aliphatic carbocycles. The molecule has 2 rings (SSSR count). The molecular weight excluding hydrogens is 359 g/mol. The Morgan fingerprint density at radius 2 is 2.19 bits per heavy atom. The van der Waals surface area contributed by atoms with E-state index >= 15 is 0 Å². The number of benzene rings is 1. The van der Waals surface area contributed by atoms with Gasteiger partial charge in [0.25, 0.3) is 0 Å². The van der Waals surface area contributed by atoms with Crippen molar-refractivity contribution >= 4 is 27.5 Å². The van der Waals surface area contributed by atoms with Crippen molar-refractivity contribution in [3.63, 3.8) is 0 Å². The second-order valence-electron chi connectivity index (χ2n) is 5.02. The maximum absolute atomic E-state index is 14.1. The lowest BCUT2D eigenvalue weighted by Crippen LogP contribution is -2.24. The summed E-state index contributed by atoms with van der Waals surface area (Å²) in [5, 5.41) is 4.61. The molecule has 0 saturated carbocycles. The highest BCUT2D eigenvalue weighted by Crippen LogP contribution is 2.32. The van der Waals surface area contributed by atoms with Crippen LogP contribution in [-0.2, 0) is 6.54 Å². The molecule has 1 heterocycles. The van der Waals surface area contributed by atoms with Crippen LogP contribution in [0.4, 0.5) is 4.39 Å². The van der Waals surface area contributed by atoms with E-state index in [2.05, 4.69) is 21.0 Å². The van der Waals surface area contributed by atoms with E-state index in [-0.39, 0.29) is 5.56 Å². The number of rotatable bonds is 5. The molecule has 0 amide bonds. The van der Waals surface area contributed by atoms with Gasteiger partial charge in [-0.15, -0.1) is 0 Å². The van der Waals surface area contributed by atoms with Crippen molar-refractivity contribution in [1.29, 1.82) is 0 Å². The van der Waals surface area contributed by atoms with Crippen LogP contribution in [0.3, 0.4) is 0 Å². The number of likely N-dealkylation sites (N-methyl/N-ethyl adjacent to an activating group) is 1. The van der Waals surface area contributed by atoms with Gasteiger partial charge in [-0.25, -0.2) is 4.39 Å². The molecule has 0 radical (unpaired) electrons. The van der Waals surface area contributed by atoms with E-state index in [0.717, 1.165) is 11.0 Å². The Hall–Kier alpha value is -0.950. The lowest BCUT2D eigenvalue weighted by Gasteiger charge is -2.18. The molecule has 1 aromatic heterocycles. The molecule has 0 fully saturated rings. The van der Waals surface area contributed by atoms with Crippen LogP contribution < -0.4 is 5.73 Å². The predicted molar refractivity (Wildman–Crippen MR) is 85.9 cm³/mol. The molecule has 0 saturated heterocycles. The third-order valence-electron chi connectivity index (χ3n) is 3.20.